The topological polar surface area (TPSA) is 91.2 Å². The van der Waals surface area contributed by atoms with Gasteiger partial charge in [-0.25, -0.2) is 4.79 Å². The molecule has 0 aliphatic heterocycles. The zero-order chi connectivity index (χ0) is 19.6. The lowest BCUT2D eigenvalue weighted by Crippen LogP contribution is -2.17. The number of nitriles is 1. The molecule has 2 rings (SSSR count). The number of amides is 1. The van der Waals surface area contributed by atoms with Crippen LogP contribution >= 0.6 is 0 Å². The first-order chi connectivity index (χ1) is 13.1. The van der Waals surface area contributed by atoms with Crippen molar-refractivity contribution in [2.24, 2.45) is 0 Å². The van der Waals surface area contributed by atoms with Gasteiger partial charge in [0.1, 0.15) is 11.6 Å². The zero-order valence-electron chi connectivity index (χ0n) is 15.3. The summed E-state index contributed by atoms with van der Waals surface area (Å²) in [4.78, 5) is 24.4. The highest BCUT2D eigenvalue weighted by Crippen LogP contribution is 2.17. The lowest BCUT2D eigenvalue weighted by atomic mass is 10.1. The number of carbonyl (C=O) groups excluding carboxylic acids is 2. The maximum atomic E-state index is 12.4. The summed E-state index contributed by atoms with van der Waals surface area (Å²) in [5.74, 6) is -1.16. The molecule has 0 unspecified atom stereocenters. The molecule has 138 valence electrons. The van der Waals surface area contributed by atoms with Crippen LogP contribution in [-0.2, 0) is 16.0 Å². The summed E-state index contributed by atoms with van der Waals surface area (Å²) in [6.07, 6.45) is 2.27. The predicted molar refractivity (Wildman–Crippen MR) is 104 cm³/mol. The van der Waals surface area contributed by atoms with E-state index in [1.807, 2.05) is 30.3 Å². The van der Waals surface area contributed by atoms with Crippen molar-refractivity contribution in [1.82, 2.24) is 0 Å². The van der Waals surface area contributed by atoms with Crippen LogP contribution in [-0.4, -0.2) is 18.5 Å². The summed E-state index contributed by atoms with van der Waals surface area (Å²) in [6, 6.07) is 16.0. The summed E-state index contributed by atoms with van der Waals surface area (Å²) in [5, 5.41) is 14.8. The number of nitrogens with zero attached hydrogens (tertiary/aromatic N) is 1. The quantitative estimate of drug-likeness (QED) is 0.442. The SMILES string of the molecule is CCOC(=O)c1ccccc1NC(=O)/C(C#N)=C\Nc1ccc(CC)cc1. The van der Waals surface area contributed by atoms with E-state index < -0.39 is 11.9 Å². The normalized spacial score (nSPS) is 10.6. The van der Waals surface area contributed by atoms with Gasteiger partial charge >= 0.3 is 5.97 Å². The molecule has 6 nitrogen and oxygen atoms in total. The molecule has 0 saturated heterocycles. The fourth-order valence-corrected chi connectivity index (χ4v) is 2.31. The average molecular weight is 363 g/mol. The van der Waals surface area contributed by atoms with Crippen LogP contribution in [0.3, 0.4) is 0 Å². The van der Waals surface area contributed by atoms with Crippen LogP contribution in [0.15, 0.2) is 60.3 Å². The first kappa shape index (κ1) is 19.7. The summed E-state index contributed by atoms with van der Waals surface area (Å²) < 4.78 is 4.98. The molecule has 0 atom stereocenters. The molecule has 6 heteroatoms. The third-order valence-corrected chi connectivity index (χ3v) is 3.78. The predicted octanol–water partition coefficient (Wildman–Crippen LogP) is 3.88. The second kappa shape index (κ2) is 9.78. The molecule has 0 aromatic heterocycles. The van der Waals surface area contributed by atoms with Gasteiger partial charge in [-0.2, -0.15) is 5.26 Å². The standard InChI is InChI=1S/C21H21N3O3/c1-3-15-9-11-17(12-10-15)23-14-16(13-22)20(25)24-19-8-6-5-7-18(19)21(26)27-4-2/h5-12,14,23H,3-4H2,1-2H3,(H,24,25)/b16-14-. The van der Waals surface area contributed by atoms with Crippen molar-refractivity contribution >= 4 is 23.3 Å². The van der Waals surface area contributed by atoms with Crippen LogP contribution in [0.1, 0.15) is 29.8 Å². The Labute approximate surface area is 158 Å². The molecule has 2 aromatic carbocycles. The van der Waals surface area contributed by atoms with Crippen molar-refractivity contribution in [1.29, 1.82) is 5.26 Å². The molecule has 27 heavy (non-hydrogen) atoms. The fraction of sp³-hybridized carbons (Fsp3) is 0.190. The van der Waals surface area contributed by atoms with Crippen LogP contribution in [0.5, 0.6) is 0 Å². The number of nitrogens with one attached hydrogen (secondary N) is 2. The van der Waals surface area contributed by atoms with Gasteiger partial charge < -0.3 is 15.4 Å². The van der Waals surface area contributed by atoms with E-state index in [0.717, 1.165) is 12.1 Å². The summed E-state index contributed by atoms with van der Waals surface area (Å²) in [7, 11) is 0. The Hall–Kier alpha value is -3.59. The number of hydrogen-bond donors (Lipinski definition) is 2. The maximum Gasteiger partial charge on any atom is 0.340 e. The second-order valence-corrected chi connectivity index (χ2v) is 5.58. The van der Waals surface area contributed by atoms with Gasteiger partial charge in [-0.1, -0.05) is 31.2 Å². The molecule has 0 bridgehead atoms. The molecule has 2 N–H and O–H groups in total. The van der Waals surface area contributed by atoms with Gasteiger partial charge in [0.2, 0.25) is 0 Å². The third kappa shape index (κ3) is 5.44. The number of para-hydroxylation sites is 1. The monoisotopic (exact) mass is 363 g/mol. The third-order valence-electron chi connectivity index (χ3n) is 3.78. The van der Waals surface area contributed by atoms with Crippen LogP contribution in [0.2, 0.25) is 0 Å². The first-order valence-electron chi connectivity index (χ1n) is 8.62. The summed E-state index contributed by atoms with van der Waals surface area (Å²) in [5.41, 5.74) is 2.36. The Balaban J connectivity index is 2.13. The van der Waals surface area contributed by atoms with E-state index in [4.69, 9.17) is 4.74 Å². The first-order valence-corrected chi connectivity index (χ1v) is 8.62. The number of hydrogen-bond acceptors (Lipinski definition) is 5. The number of carbonyl (C=O) groups is 2. The molecular formula is C21H21N3O3. The van der Waals surface area contributed by atoms with Crippen molar-refractivity contribution < 1.29 is 14.3 Å². The Kier molecular flexibility index (Phi) is 7.15. The van der Waals surface area contributed by atoms with Gasteiger partial charge in [0, 0.05) is 11.9 Å². The van der Waals surface area contributed by atoms with Crippen LogP contribution < -0.4 is 10.6 Å². The van der Waals surface area contributed by atoms with E-state index in [-0.39, 0.29) is 23.4 Å². The highest BCUT2D eigenvalue weighted by molar-refractivity contribution is 6.09. The number of benzene rings is 2. The van der Waals surface area contributed by atoms with E-state index in [2.05, 4.69) is 17.6 Å². The van der Waals surface area contributed by atoms with Gasteiger partial charge in [-0.05, 0) is 43.2 Å². The fourth-order valence-electron chi connectivity index (χ4n) is 2.31. The number of ether oxygens (including phenoxy) is 1. The number of esters is 1. The van der Waals surface area contributed by atoms with Gasteiger partial charge in [0.05, 0.1) is 17.9 Å². The van der Waals surface area contributed by atoms with E-state index in [1.165, 1.54) is 11.8 Å². The molecular weight excluding hydrogens is 342 g/mol. The molecule has 1 amide bonds. The second-order valence-electron chi connectivity index (χ2n) is 5.58. The van der Waals surface area contributed by atoms with Gasteiger partial charge in [0.15, 0.2) is 0 Å². The van der Waals surface area contributed by atoms with Gasteiger partial charge in [-0.3, -0.25) is 4.79 Å². The Morgan fingerprint density at radius 3 is 2.44 bits per heavy atom. The Morgan fingerprint density at radius 2 is 1.81 bits per heavy atom. The van der Waals surface area contributed by atoms with Gasteiger partial charge in [-0.15, -0.1) is 0 Å². The Morgan fingerprint density at radius 1 is 1.11 bits per heavy atom. The molecule has 0 radical (unpaired) electrons. The van der Waals surface area contributed by atoms with E-state index >= 15 is 0 Å². The maximum absolute atomic E-state index is 12.4. The van der Waals surface area contributed by atoms with Crippen LogP contribution in [0.4, 0.5) is 11.4 Å². The average Bonchev–Trinajstić information content (AvgIpc) is 2.69. The highest BCUT2D eigenvalue weighted by Gasteiger charge is 2.16. The molecule has 2 aromatic rings. The molecule has 0 aliphatic rings. The number of aryl methyl sites for hydroxylation is 1. The number of anilines is 2. The molecule has 0 heterocycles. The highest BCUT2D eigenvalue weighted by atomic mass is 16.5. The van der Waals surface area contributed by atoms with E-state index in [9.17, 15) is 14.9 Å². The number of rotatable bonds is 7. The molecule has 0 fully saturated rings. The minimum absolute atomic E-state index is 0.117. The largest absolute Gasteiger partial charge is 0.462 e. The van der Waals surface area contributed by atoms with Crippen molar-refractivity contribution in [3.63, 3.8) is 0 Å². The minimum atomic E-state index is -0.619. The minimum Gasteiger partial charge on any atom is -0.462 e. The molecule has 0 aliphatic carbocycles. The Bertz CT molecular complexity index is 880. The molecule has 0 saturated carbocycles. The van der Waals surface area contributed by atoms with Crippen LogP contribution in [0, 0.1) is 11.3 Å². The van der Waals surface area contributed by atoms with E-state index in [1.54, 1.807) is 31.2 Å². The van der Waals surface area contributed by atoms with Gasteiger partial charge in [0.25, 0.3) is 5.91 Å². The zero-order valence-corrected chi connectivity index (χ0v) is 15.3. The lowest BCUT2D eigenvalue weighted by molar-refractivity contribution is -0.112. The van der Waals surface area contributed by atoms with Crippen molar-refractivity contribution in [2.45, 2.75) is 20.3 Å². The summed E-state index contributed by atoms with van der Waals surface area (Å²) in [6.45, 7) is 3.99. The van der Waals surface area contributed by atoms with Crippen LogP contribution in [0.25, 0.3) is 0 Å². The summed E-state index contributed by atoms with van der Waals surface area (Å²) >= 11 is 0. The van der Waals surface area contributed by atoms with Crippen molar-refractivity contribution in [3.8, 4) is 6.07 Å². The smallest absolute Gasteiger partial charge is 0.340 e. The van der Waals surface area contributed by atoms with E-state index in [0.29, 0.717) is 0 Å². The molecule has 0 spiro atoms. The lowest BCUT2D eigenvalue weighted by Gasteiger charge is -2.10. The van der Waals surface area contributed by atoms with Crippen molar-refractivity contribution in [3.05, 3.63) is 71.4 Å². The van der Waals surface area contributed by atoms with Crippen molar-refractivity contribution in [2.75, 3.05) is 17.2 Å².